The van der Waals surface area contributed by atoms with Crippen molar-refractivity contribution in [3.63, 3.8) is 0 Å². The molecule has 1 amide bonds. The maximum atomic E-state index is 13.0. The van der Waals surface area contributed by atoms with Crippen LogP contribution in [-0.4, -0.2) is 35.7 Å². The van der Waals surface area contributed by atoms with E-state index in [1.807, 2.05) is 32.9 Å². The molecule has 10 nitrogen and oxygen atoms in total. The molecule has 0 spiro atoms. The van der Waals surface area contributed by atoms with Crippen molar-refractivity contribution >= 4 is 40.5 Å². The minimum Gasteiger partial charge on any atom is -0.382 e. The maximum absolute atomic E-state index is 13.0. The first-order valence-corrected chi connectivity index (χ1v) is 11.2. The Morgan fingerprint density at radius 3 is 2.74 bits per heavy atom. The zero-order chi connectivity index (χ0) is 25.2. The molecule has 4 rings (SSSR count). The van der Waals surface area contributed by atoms with Gasteiger partial charge in [0.25, 0.3) is 5.91 Å². The Labute approximate surface area is 207 Å². The number of carbonyl (C=O) groups excluding carboxylic acids is 1. The van der Waals surface area contributed by atoms with Crippen LogP contribution in [-0.2, 0) is 0 Å². The van der Waals surface area contributed by atoms with Crippen LogP contribution < -0.4 is 16.4 Å². The van der Waals surface area contributed by atoms with Gasteiger partial charge in [0, 0.05) is 16.1 Å². The van der Waals surface area contributed by atoms with Crippen LogP contribution in [0.3, 0.4) is 0 Å². The van der Waals surface area contributed by atoms with Crippen LogP contribution >= 0.6 is 11.6 Å². The molecule has 0 aliphatic heterocycles. The fourth-order valence-corrected chi connectivity index (χ4v) is 3.25. The van der Waals surface area contributed by atoms with Gasteiger partial charge in [0.2, 0.25) is 0 Å². The number of halogens is 1. The summed E-state index contributed by atoms with van der Waals surface area (Å²) < 4.78 is 1.55. The van der Waals surface area contributed by atoms with E-state index in [-0.39, 0.29) is 16.9 Å². The van der Waals surface area contributed by atoms with E-state index in [0.29, 0.717) is 28.0 Å². The predicted molar refractivity (Wildman–Crippen MR) is 134 cm³/mol. The van der Waals surface area contributed by atoms with Crippen molar-refractivity contribution in [1.82, 2.24) is 35.1 Å². The second kappa shape index (κ2) is 9.56. The normalized spacial score (nSPS) is 12.0. The lowest BCUT2D eigenvalue weighted by Gasteiger charge is -2.13. The highest BCUT2D eigenvalue weighted by atomic mass is 35.5. The molecule has 0 fully saturated rings. The Kier molecular flexibility index (Phi) is 6.53. The Bertz CT molecular complexity index is 1460. The third kappa shape index (κ3) is 5.83. The molecule has 178 valence electrons. The number of fused-ring (bicyclic) bond motifs is 1. The van der Waals surface area contributed by atoms with Crippen molar-refractivity contribution in [3.05, 3.63) is 64.8 Å². The van der Waals surface area contributed by atoms with Crippen molar-refractivity contribution < 1.29 is 4.79 Å². The Hall–Kier alpha value is -4.23. The molecule has 4 N–H and O–H groups in total. The number of benzene rings is 1. The maximum Gasteiger partial charge on any atom is 0.274 e. The number of amides is 1. The fourth-order valence-electron chi connectivity index (χ4n) is 3.06. The number of nitrogens with two attached hydrogens (primary N) is 1. The highest BCUT2D eigenvalue weighted by Gasteiger charge is 2.21. The van der Waals surface area contributed by atoms with Gasteiger partial charge >= 0.3 is 0 Å². The number of aromatic nitrogens is 6. The van der Waals surface area contributed by atoms with Crippen LogP contribution in [0, 0.1) is 17.3 Å². The molecular weight excluding hydrogens is 466 g/mol. The highest BCUT2D eigenvalue weighted by molar-refractivity contribution is 6.30. The summed E-state index contributed by atoms with van der Waals surface area (Å²) >= 11 is 6.06. The van der Waals surface area contributed by atoms with Gasteiger partial charge in [0.05, 0.1) is 12.2 Å². The van der Waals surface area contributed by atoms with Crippen LogP contribution in [0.15, 0.2) is 42.6 Å². The molecule has 1 atom stereocenters. The Morgan fingerprint density at radius 1 is 1.20 bits per heavy atom. The van der Waals surface area contributed by atoms with Gasteiger partial charge in [-0.2, -0.15) is 4.52 Å². The molecule has 4 aromatic rings. The molecule has 11 heteroatoms. The third-order valence-electron chi connectivity index (χ3n) is 4.70. The quantitative estimate of drug-likeness (QED) is 0.360. The fraction of sp³-hybridized carbons (Fsp3) is 0.250. The van der Waals surface area contributed by atoms with E-state index in [1.54, 1.807) is 35.7 Å². The number of nitrogen functional groups attached to an aromatic ring is 1. The molecule has 3 heterocycles. The van der Waals surface area contributed by atoms with Crippen LogP contribution in [0.1, 0.15) is 55.7 Å². The predicted octanol–water partition coefficient (Wildman–Crippen LogP) is 3.78. The lowest BCUT2D eigenvalue weighted by molar-refractivity contribution is 0.0933. The molecular formula is C24H24ClN9O. The summed E-state index contributed by atoms with van der Waals surface area (Å²) in [7, 11) is 0. The summed E-state index contributed by atoms with van der Waals surface area (Å²) in [5.74, 6) is 6.48. The molecule has 0 aliphatic rings. The van der Waals surface area contributed by atoms with Crippen LogP contribution in [0.5, 0.6) is 0 Å². The summed E-state index contributed by atoms with van der Waals surface area (Å²) in [5.41, 5.74) is 7.35. The van der Waals surface area contributed by atoms with E-state index in [1.165, 1.54) is 6.20 Å². The van der Waals surface area contributed by atoms with Gasteiger partial charge in [-0.25, -0.2) is 9.97 Å². The molecule has 0 aliphatic carbocycles. The zero-order valence-electron chi connectivity index (χ0n) is 19.7. The van der Waals surface area contributed by atoms with Crippen LogP contribution in [0.25, 0.3) is 5.65 Å². The van der Waals surface area contributed by atoms with Crippen LogP contribution in [0.4, 0.5) is 17.3 Å². The van der Waals surface area contributed by atoms with E-state index in [4.69, 9.17) is 17.3 Å². The molecule has 35 heavy (non-hydrogen) atoms. The second-order valence-electron chi connectivity index (χ2n) is 8.87. The number of hydrogen-bond donors (Lipinski definition) is 3. The van der Waals surface area contributed by atoms with Crippen LogP contribution in [0.2, 0.25) is 5.02 Å². The van der Waals surface area contributed by atoms with E-state index >= 15 is 0 Å². The summed E-state index contributed by atoms with van der Waals surface area (Å²) in [4.78, 5) is 21.3. The molecule has 0 radical (unpaired) electrons. The smallest absolute Gasteiger partial charge is 0.274 e. The van der Waals surface area contributed by atoms with Gasteiger partial charge in [-0.3, -0.25) is 4.79 Å². The first kappa shape index (κ1) is 23.9. The van der Waals surface area contributed by atoms with E-state index in [9.17, 15) is 4.79 Å². The molecule has 3 aromatic heterocycles. The summed E-state index contributed by atoms with van der Waals surface area (Å²) in [6, 6.07) is 10.3. The third-order valence-corrected chi connectivity index (χ3v) is 4.94. The van der Waals surface area contributed by atoms with Gasteiger partial charge in [-0.1, -0.05) is 23.6 Å². The Morgan fingerprint density at radius 2 is 2.00 bits per heavy atom. The minimum absolute atomic E-state index is 0.00763. The molecule has 1 aromatic carbocycles. The summed E-state index contributed by atoms with van der Waals surface area (Å²) in [5, 5.41) is 19.5. The second-order valence-corrected chi connectivity index (χ2v) is 9.30. The number of anilines is 3. The van der Waals surface area contributed by atoms with Crippen molar-refractivity contribution in [2.45, 2.75) is 33.7 Å². The lowest BCUT2D eigenvalue weighted by atomic mass is 9.98. The number of nitrogens with zero attached hydrogens (tertiary/aromatic N) is 6. The van der Waals surface area contributed by atoms with Crippen molar-refractivity contribution in [3.8, 4) is 11.8 Å². The summed E-state index contributed by atoms with van der Waals surface area (Å²) in [6.45, 7) is 7.70. The number of rotatable bonds is 5. The van der Waals surface area contributed by atoms with Gasteiger partial charge in [0.1, 0.15) is 5.69 Å². The SMILES string of the molecule is C[C@@H](NC(=O)c1nc(C#CC(C)(C)C)cnc1N)c1nnc2ccc(Nc3cccc(Cl)c3)nn12. The van der Waals surface area contributed by atoms with Gasteiger partial charge < -0.3 is 16.4 Å². The van der Waals surface area contributed by atoms with Crippen molar-refractivity contribution in [2.24, 2.45) is 5.41 Å². The highest BCUT2D eigenvalue weighted by Crippen LogP contribution is 2.20. The van der Waals surface area contributed by atoms with E-state index in [2.05, 4.69) is 47.7 Å². The van der Waals surface area contributed by atoms with E-state index in [0.717, 1.165) is 5.69 Å². The zero-order valence-corrected chi connectivity index (χ0v) is 20.4. The molecule has 0 saturated carbocycles. The largest absolute Gasteiger partial charge is 0.382 e. The first-order chi connectivity index (χ1) is 16.6. The van der Waals surface area contributed by atoms with Crippen molar-refractivity contribution in [1.29, 1.82) is 0 Å². The molecule has 0 bridgehead atoms. The number of hydrogen-bond acceptors (Lipinski definition) is 8. The first-order valence-electron chi connectivity index (χ1n) is 10.8. The number of carbonyl (C=O) groups is 1. The molecule has 0 unspecified atom stereocenters. The van der Waals surface area contributed by atoms with Gasteiger partial charge in [-0.05, 0) is 63.9 Å². The average molecular weight is 490 g/mol. The minimum atomic E-state index is -0.558. The summed E-state index contributed by atoms with van der Waals surface area (Å²) in [6.07, 6.45) is 1.44. The lowest BCUT2D eigenvalue weighted by Crippen LogP contribution is -2.30. The van der Waals surface area contributed by atoms with Crippen molar-refractivity contribution in [2.75, 3.05) is 11.1 Å². The van der Waals surface area contributed by atoms with Gasteiger partial charge in [-0.15, -0.1) is 15.3 Å². The average Bonchev–Trinajstić information content (AvgIpc) is 3.21. The topological polar surface area (TPSA) is 136 Å². The molecule has 0 saturated heterocycles. The van der Waals surface area contributed by atoms with Gasteiger partial charge in [0.15, 0.2) is 28.8 Å². The van der Waals surface area contributed by atoms with E-state index < -0.39 is 11.9 Å². The Balaban J connectivity index is 1.56. The number of nitrogens with one attached hydrogen (secondary N) is 2. The standard InChI is InChI=1S/C24H24ClN9O/c1-14(28-23(35)20-21(26)27-13-17(30-20)10-11-24(2,3)4)22-32-31-19-9-8-18(33-34(19)22)29-16-7-5-6-15(25)12-16/h5-9,12-14H,1-4H3,(H2,26,27)(H,28,35)(H,29,33)/t14-/m1/s1. The monoisotopic (exact) mass is 489 g/mol.